The second kappa shape index (κ2) is 7.83. The Kier molecular flexibility index (Phi) is 5.27. The summed E-state index contributed by atoms with van der Waals surface area (Å²) in [6.45, 7) is 4.96. The van der Waals surface area contributed by atoms with Crippen molar-refractivity contribution in [1.82, 2.24) is 9.78 Å². The molecule has 1 saturated heterocycles. The fourth-order valence-electron chi connectivity index (χ4n) is 5.94. The molecule has 0 unspecified atom stereocenters. The molecule has 0 aliphatic carbocycles. The number of fused-ring (bicyclic) bond motifs is 3. The molecule has 7 nitrogen and oxygen atoms in total. The number of likely N-dealkylation sites (N-methyl/N-ethyl adjacent to an activating group) is 1. The molecule has 2 aliphatic rings. The number of rotatable bonds is 4. The molecule has 0 saturated carbocycles. The number of hydrogen-bond donors (Lipinski definition) is 1. The molecule has 1 aromatic heterocycles. The molecule has 178 valence electrons. The van der Waals surface area contributed by atoms with Crippen LogP contribution >= 0.6 is 0 Å². The van der Waals surface area contributed by atoms with Crippen LogP contribution in [0, 0.1) is 5.92 Å². The monoisotopic (exact) mass is 481 g/mol. The predicted octanol–water partition coefficient (Wildman–Crippen LogP) is 3.52. The number of benzene rings is 2. The van der Waals surface area contributed by atoms with Crippen LogP contribution in [0.1, 0.15) is 18.9 Å². The van der Waals surface area contributed by atoms with Gasteiger partial charge in [-0.25, -0.2) is 0 Å². The summed E-state index contributed by atoms with van der Waals surface area (Å²) in [5.74, 6) is -0.696. The molecule has 9 heteroatoms. The van der Waals surface area contributed by atoms with Crippen molar-refractivity contribution >= 4 is 30.8 Å². The van der Waals surface area contributed by atoms with E-state index in [1.807, 2.05) is 19.1 Å². The van der Waals surface area contributed by atoms with E-state index in [4.69, 9.17) is 4.74 Å². The van der Waals surface area contributed by atoms with Crippen LogP contribution in [0.25, 0.3) is 16.5 Å². The number of anilines is 1. The van der Waals surface area contributed by atoms with Crippen molar-refractivity contribution in [3.8, 4) is 5.69 Å². The minimum Gasteiger partial charge on any atom is -0.396 e. The van der Waals surface area contributed by atoms with Gasteiger partial charge >= 0.3 is 0 Å². The van der Waals surface area contributed by atoms with Crippen molar-refractivity contribution in [3.63, 3.8) is 0 Å². The minimum atomic E-state index is -3.25. The first-order valence-corrected chi connectivity index (χ1v) is 14.4. The average molecular weight is 482 g/mol. The minimum absolute atomic E-state index is 0.151. The Labute approximate surface area is 198 Å². The van der Waals surface area contributed by atoms with Gasteiger partial charge in [0.25, 0.3) is 11.5 Å². The van der Waals surface area contributed by atoms with Gasteiger partial charge in [-0.15, -0.1) is 0 Å². The molecular weight excluding hydrogens is 453 g/mol. The molecule has 4 atom stereocenters. The van der Waals surface area contributed by atoms with E-state index in [2.05, 4.69) is 5.10 Å². The fourth-order valence-corrected chi connectivity index (χ4v) is 8.49. The number of ether oxygens (including phenoxy) is 1. The SMILES string of the molecule is C[C@H]1[C@H]([Si](C)(C)F)[C@@H](CCO)O[C@]12C(=O)N(C)c1ccc(-n3ncc4ccccc4c3=O)cc12. The van der Waals surface area contributed by atoms with Crippen molar-refractivity contribution < 1.29 is 18.7 Å². The van der Waals surface area contributed by atoms with Crippen molar-refractivity contribution in [2.75, 3.05) is 18.6 Å². The second-order valence-corrected chi connectivity index (χ2v) is 13.6. The van der Waals surface area contributed by atoms with Crippen molar-refractivity contribution in [1.29, 1.82) is 0 Å². The lowest BCUT2D eigenvalue weighted by molar-refractivity contribution is -0.146. The highest BCUT2D eigenvalue weighted by atomic mass is 28.4. The van der Waals surface area contributed by atoms with Crippen molar-refractivity contribution in [3.05, 3.63) is 64.6 Å². The first kappa shape index (κ1) is 22.9. The molecule has 1 amide bonds. The number of hydrogen-bond acceptors (Lipinski definition) is 5. The van der Waals surface area contributed by atoms with E-state index in [0.29, 0.717) is 22.3 Å². The molecule has 0 bridgehead atoms. The lowest BCUT2D eigenvalue weighted by Crippen LogP contribution is -2.44. The van der Waals surface area contributed by atoms with Crippen LogP contribution in [0.3, 0.4) is 0 Å². The Morgan fingerprint density at radius 3 is 2.65 bits per heavy atom. The summed E-state index contributed by atoms with van der Waals surface area (Å²) in [6, 6.07) is 12.5. The molecule has 5 rings (SSSR count). The normalized spacial score (nSPS) is 26.6. The number of halogens is 1. The van der Waals surface area contributed by atoms with Gasteiger partial charge in [-0.2, -0.15) is 9.78 Å². The van der Waals surface area contributed by atoms with E-state index in [-0.39, 0.29) is 24.5 Å². The summed E-state index contributed by atoms with van der Waals surface area (Å²) in [5, 5.41) is 15.3. The van der Waals surface area contributed by atoms with E-state index < -0.39 is 31.6 Å². The van der Waals surface area contributed by atoms with Gasteiger partial charge in [-0.05, 0) is 43.8 Å². The lowest BCUT2D eigenvalue weighted by atomic mass is 9.82. The van der Waals surface area contributed by atoms with Crippen LogP contribution in [0.5, 0.6) is 0 Å². The van der Waals surface area contributed by atoms with Gasteiger partial charge in [-0.3, -0.25) is 9.59 Å². The Bertz CT molecular complexity index is 1350. The molecule has 0 radical (unpaired) electrons. The van der Waals surface area contributed by atoms with Crippen LogP contribution in [0.2, 0.25) is 18.6 Å². The third-order valence-corrected chi connectivity index (χ3v) is 9.89. The maximum Gasteiger partial charge on any atom is 0.279 e. The quantitative estimate of drug-likeness (QED) is 0.455. The second-order valence-electron chi connectivity index (χ2n) is 9.80. The zero-order chi connectivity index (χ0) is 24.4. The molecule has 1 spiro atoms. The zero-order valence-corrected chi connectivity index (χ0v) is 20.7. The zero-order valence-electron chi connectivity index (χ0n) is 19.7. The summed E-state index contributed by atoms with van der Waals surface area (Å²) < 4.78 is 23.2. The number of nitrogens with zero attached hydrogens (tertiary/aromatic N) is 3. The standard InChI is InChI=1S/C25H28FN3O4Si/c1-15-22(34(3,4)26)21(11-12-30)33-25(15)19-13-17(9-10-20(19)28(2)24(25)32)29-23(31)18-8-6-5-7-16(18)14-27-29/h5-10,13-15,21-22,30H,11-12H2,1-4H3/t15-,21+,22-,25+/m0/s1. The summed E-state index contributed by atoms with van der Waals surface area (Å²) >= 11 is 0. The van der Waals surface area contributed by atoms with E-state index >= 15 is 4.11 Å². The number of aliphatic hydroxyl groups is 1. The van der Waals surface area contributed by atoms with Crippen LogP contribution in [0.4, 0.5) is 9.80 Å². The third kappa shape index (κ3) is 3.10. The van der Waals surface area contributed by atoms with Crippen LogP contribution in [-0.4, -0.2) is 49.0 Å². The van der Waals surface area contributed by atoms with E-state index in [1.54, 1.807) is 56.7 Å². The summed E-state index contributed by atoms with van der Waals surface area (Å²) in [6.07, 6.45) is 1.32. The summed E-state index contributed by atoms with van der Waals surface area (Å²) in [5.41, 5.74) is -0.327. The highest BCUT2D eigenvalue weighted by Crippen LogP contribution is 2.59. The molecule has 1 N–H and O–H groups in total. The van der Waals surface area contributed by atoms with Gasteiger partial charge in [0, 0.05) is 36.1 Å². The topological polar surface area (TPSA) is 84.7 Å². The molecule has 34 heavy (non-hydrogen) atoms. The fraction of sp³-hybridized carbons (Fsp3) is 0.400. The van der Waals surface area contributed by atoms with Gasteiger partial charge in [0.2, 0.25) is 8.41 Å². The van der Waals surface area contributed by atoms with Gasteiger partial charge in [0.05, 0.1) is 29.1 Å². The number of carbonyl (C=O) groups is 1. The first-order valence-electron chi connectivity index (χ1n) is 11.5. The highest BCUT2D eigenvalue weighted by molar-refractivity contribution is 6.72. The largest absolute Gasteiger partial charge is 0.396 e. The van der Waals surface area contributed by atoms with Gasteiger partial charge in [0.15, 0.2) is 5.60 Å². The molecule has 2 aliphatic heterocycles. The maximum atomic E-state index is 15.5. The number of aliphatic hydroxyl groups excluding tert-OH is 1. The first-order chi connectivity index (χ1) is 16.1. The van der Waals surface area contributed by atoms with E-state index in [0.717, 1.165) is 5.39 Å². The molecule has 3 heterocycles. The van der Waals surface area contributed by atoms with Gasteiger partial charge in [0.1, 0.15) is 0 Å². The lowest BCUT2D eigenvalue weighted by Gasteiger charge is -2.31. The number of carbonyl (C=O) groups excluding carboxylic acids is 1. The van der Waals surface area contributed by atoms with Crippen LogP contribution < -0.4 is 10.5 Å². The molecule has 1 fully saturated rings. The number of aromatic nitrogens is 2. The molecular formula is C25H28FN3O4Si. The van der Waals surface area contributed by atoms with Crippen molar-refractivity contribution in [2.24, 2.45) is 5.92 Å². The Hall–Kier alpha value is -2.88. The smallest absolute Gasteiger partial charge is 0.279 e. The summed E-state index contributed by atoms with van der Waals surface area (Å²) in [4.78, 5) is 28.4. The Morgan fingerprint density at radius 2 is 1.94 bits per heavy atom. The summed E-state index contributed by atoms with van der Waals surface area (Å²) in [7, 11) is -1.57. The van der Waals surface area contributed by atoms with Gasteiger partial charge in [-0.1, -0.05) is 25.1 Å². The Balaban J connectivity index is 1.69. The van der Waals surface area contributed by atoms with Crippen LogP contribution in [0.15, 0.2) is 53.5 Å². The van der Waals surface area contributed by atoms with Crippen LogP contribution in [-0.2, 0) is 15.1 Å². The number of amides is 1. The molecule has 2 aromatic carbocycles. The maximum absolute atomic E-state index is 15.5. The van der Waals surface area contributed by atoms with Crippen molar-refractivity contribution in [2.45, 2.75) is 43.7 Å². The third-order valence-electron chi connectivity index (χ3n) is 7.43. The molecule has 3 aromatic rings. The highest BCUT2D eigenvalue weighted by Gasteiger charge is 2.66. The predicted molar refractivity (Wildman–Crippen MR) is 131 cm³/mol. The van der Waals surface area contributed by atoms with E-state index in [1.165, 1.54) is 9.58 Å². The van der Waals surface area contributed by atoms with E-state index in [9.17, 15) is 14.7 Å². The Morgan fingerprint density at radius 1 is 1.21 bits per heavy atom. The van der Waals surface area contributed by atoms with Gasteiger partial charge < -0.3 is 18.9 Å². The average Bonchev–Trinajstić information content (AvgIpc) is 3.21.